The zero-order valence-corrected chi connectivity index (χ0v) is 27.6. The van der Waals surface area contributed by atoms with Gasteiger partial charge >= 0.3 is 0 Å². The minimum Gasteiger partial charge on any atom is -0.471 e. The first-order valence-corrected chi connectivity index (χ1v) is 14.4. The van der Waals surface area contributed by atoms with Gasteiger partial charge in [-0.25, -0.2) is 0 Å². The second kappa shape index (κ2) is 25.0. The van der Waals surface area contributed by atoms with E-state index in [1.54, 1.807) is 60.9 Å². The van der Waals surface area contributed by atoms with E-state index < -0.39 is 0 Å². The summed E-state index contributed by atoms with van der Waals surface area (Å²) in [6.07, 6.45) is 3.72. The van der Waals surface area contributed by atoms with Crippen molar-refractivity contribution in [1.29, 1.82) is 0 Å². The average Bonchev–Trinajstić information content (AvgIpc) is 3.18. The number of oxime groups is 4. The summed E-state index contributed by atoms with van der Waals surface area (Å²) in [6.45, 7) is 3.28. The van der Waals surface area contributed by atoms with Crippen molar-refractivity contribution in [2.75, 3.05) is 7.11 Å². The van der Waals surface area contributed by atoms with E-state index in [-0.39, 0.29) is 52.0 Å². The van der Waals surface area contributed by atoms with E-state index in [1.807, 2.05) is 91.0 Å². The Labute approximate surface area is 295 Å². The number of nitrogens with zero attached hydrogens (tertiary/aromatic N) is 5. The van der Waals surface area contributed by atoms with Crippen molar-refractivity contribution in [2.45, 2.75) is 6.42 Å². The first-order chi connectivity index (χ1) is 23.5. The van der Waals surface area contributed by atoms with Crippen LogP contribution in [0.1, 0.15) is 28.7 Å². The van der Waals surface area contributed by atoms with E-state index in [9.17, 15) is 4.79 Å². The zero-order valence-electron chi connectivity index (χ0n) is 26.5. The summed E-state index contributed by atoms with van der Waals surface area (Å²) in [7, 11) is 1.34. The van der Waals surface area contributed by atoms with Gasteiger partial charge in [0.15, 0.2) is 0 Å². The number of carbonyl (C=O) groups is 1. The molecule has 49 heavy (non-hydrogen) atoms. The quantitative estimate of drug-likeness (QED) is 0.0467. The van der Waals surface area contributed by atoms with Gasteiger partial charge < -0.3 is 32.5 Å². The van der Waals surface area contributed by atoms with Crippen molar-refractivity contribution in [3.8, 4) is 0 Å². The Morgan fingerprint density at radius 2 is 0.776 bits per heavy atom. The van der Waals surface area contributed by atoms with Crippen molar-refractivity contribution in [1.82, 2.24) is 4.98 Å². The van der Waals surface area contributed by atoms with Gasteiger partial charge in [-0.15, -0.1) is 0 Å². The molecule has 0 aliphatic heterocycles. The summed E-state index contributed by atoms with van der Waals surface area (Å²) >= 11 is 0. The molecule has 0 aliphatic rings. The van der Waals surface area contributed by atoms with Crippen LogP contribution in [-0.2, 0) is 26.3 Å². The van der Waals surface area contributed by atoms with Gasteiger partial charge in [-0.05, 0) is 12.1 Å². The monoisotopic (exact) mass is 705 g/mol. The maximum absolute atomic E-state index is 9.90. The third kappa shape index (κ3) is 14.5. The number of esters is 1. The average molecular weight is 706 g/mol. The number of carbonyl (C=O) groups excluding carboxylic acids is 1. The predicted molar refractivity (Wildman–Crippen MR) is 185 cm³/mol. The Balaban J connectivity index is 0.000000363. The van der Waals surface area contributed by atoms with Crippen LogP contribution in [0.2, 0.25) is 0 Å². The van der Waals surface area contributed by atoms with E-state index in [4.69, 9.17) is 20.8 Å². The van der Waals surface area contributed by atoms with Crippen molar-refractivity contribution < 1.29 is 47.1 Å². The fraction of sp³-hybridized carbons (Fsp3) is 0.0541. The van der Waals surface area contributed by atoms with E-state index in [0.717, 1.165) is 0 Å². The number of benzene rings is 4. The molecule has 5 rings (SSSR count). The summed E-state index contributed by atoms with van der Waals surface area (Å²) in [4.78, 5) is 13.7. The number of rotatable bonds is 7. The summed E-state index contributed by atoms with van der Waals surface area (Å²) < 4.78 is 4.20. The number of pyridine rings is 1. The molecule has 0 spiro atoms. The minimum absolute atomic E-state index is 0. The van der Waals surface area contributed by atoms with Gasteiger partial charge in [-0.2, -0.15) is 0 Å². The molecular formula is C37H36CoN5O6-. The molecule has 1 aromatic heterocycles. The van der Waals surface area contributed by atoms with Gasteiger partial charge in [0.25, 0.3) is 5.97 Å². The van der Waals surface area contributed by atoms with Crippen LogP contribution < -0.4 is 0 Å². The fourth-order valence-corrected chi connectivity index (χ4v) is 3.77. The third-order valence-corrected chi connectivity index (χ3v) is 6.04. The molecule has 5 aromatic rings. The van der Waals surface area contributed by atoms with Gasteiger partial charge in [0.2, 0.25) is 0 Å². The van der Waals surface area contributed by atoms with Crippen LogP contribution in [0.25, 0.3) is 0 Å². The van der Waals surface area contributed by atoms with Gasteiger partial charge in [0.05, 0.1) is 7.11 Å². The standard InChI is InChI=1S/2C14H12N2O2.C5H5N.C4H7O2.Co/c2*17-15-13(11-7-3-1-4-8-11)14(16-18)12-9-5-2-6-10-12;1-2-4-6-5-3-1;1-3-4(5)6-2;/h2*1-10,17-18H;1-5H;1,3H2,2H3;/q;;;-1;/b2*15-13-,16-14+;;;. The third-order valence-electron chi connectivity index (χ3n) is 6.04. The van der Waals surface area contributed by atoms with Gasteiger partial charge in [-0.3, -0.25) is 9.78 Å². The number of hydrogen-bond acceptors (Lipinski definition) is 11. The molecular weight excluding hydrogens is 669 g/mol. The van der Waals surface area contributed by atoms with Crippen LogP contribution in [0.15, 0.2) is 173 Å². The van der Waals surface area contributed by atoms with Gasteiger partial charge in [-0.1, -0.05) is 154 Å². The largest absolute Gasteiger partial charge is 0.471 e. The summed E-state index contributed by atoms with van der Waals surface area (Å²) in [5, 5.41) is 49.5. The molecule has 0 aliphatic carbocycles. The zero-order chi connectivity index (χ0) is 34.8. The van der Waals surface area contributed by atoms with E-state index in [1.165, 1.54) is 7.11 Å². The normalized spacial score (nSPS) is 11.1. The summed E-state index contributed by atoms with van der Waals surface area (Å²) in [6, 6.07) is 42.0. The molecule has 4 N–H and O–H groups in total. The molecule has 12 heteroatoms. The molecule has 4 aromatic carbocycles. The van der Waals surface area contributed by atoms with Crippen LogP contribution in [0, 0.1) is 6.92 Å². The van der Waals surface area contributed by atoms with Crippen molar-refractivity contribution in [3.63, 3.8) is 0 Å². The molecule has 0 bridgehead atoms. The molecule has 255 valence electrons. The molecule has 0 atom stereocenters. The number of ether oxygens (including phenoxy) is 1. The first kappa shape index (κ1) is 40.9. The summed E-state index contributed by atoms with van der Waals surface area (Å²) in [5.74, 6) is -0.269. The maximum atomic E-state index is 9.90. The number of aromatic nitrogens is 1. The molecule has 1 radical (unpaired) electrons. The van der Waals surface area contributed by atoms with Crippen molar-refractivity contribution >= 4 is 28.8 Å². The molecule has 1 heterocycles. The maximum Gasteiger partial charge on any atom is 0.275 e. The second-order valence-corrected chi connectivity index (χ2v) is 9.11. The van der Waals surface area contributed by atoms with E-state index >= 15 is 0 Å². The van der Waals surface area contributed by atoms with Crippen molar-refractivity contribution in [3.05, 3.63) is 181 Å². The number of hydrogen-bond donors (Lipinski definition) is 4. The van der Waals surface area contributed by atoms with Crippen LogP contribution in [-0.4, -0.2) is 61.7 Å². The van der Waals surface area contributed by atoms with Crippen molar-refractivity contribution in [2.24, 2.45) is 20.6 Å². The Kier molecular flexibility index (Phi) is 20.9. The Bertz CT molecular complexity index is 1480. The molecule has 11 nitrogen and oxygen atoms in total. The Morgan fingerprint density at radius 3 is 0.898 bits per heavy atom. The molecule has 0 unspecified atom stereocenters. The second-order valence-electron chi connectivity index (χ2n) is 9.11. The molecule has 0 fully saturated rings. The SMILES string of the molecule is O/N=C(\C(=N\O)c1ccccc1)c1ccccc1.O/N=C(\C(=N\O)c1ccccc1)c1ccccc1.[CH2-]CC(=O)OC.[Co].c1ccncc1. The summed E-state index contributed by atoms with van der Waals surface area (Å²) in [5.41, 5.74) is 3.61. The van der Waals surface area contributed by atoms with Gasteiger partial charge in [0, 0.05) is 51.4 Å². The molecule has 0 saturated heterocycles. The topological polar surface area (TPSA) is 170 Å². The van der Waals surface area contributed by atoms with Crippen LogP contribution >= 0.6 is 0 Å². The Hall–Kier alpha value is -6.11. The fourth-order valence-electron chi connectivity index (χ4n) is 3.77. The number of methoxy groups -OCH3 is 1. The van der Waals surface area contributed by atoms with Crippen LogP contribution in [0.4, 0.5) is 0 Å². The molecule has 0 saturated carbocycles. The predicted octanol–water partition coefficient (Wildman–Crippen LogP) is 6.95. The Morgan fingerprint density at radius 1 is 0.531 bits per heavy atom. The van der Waals surface area contributed by atoms with Gasteiger partial charge in [0.1, 0.15) is 22.8 Å². The van der Waals surface area contributed by atoms with E-state index in [0.29, 0.717) is 22.3 Å². The minimum atomic E-state index is -0.269. The smallest absolute Gasteiger partial charge is 0.275 e. The van der Waals surface area contributed by atoms with E-state index in [2.05, 4.69) is 37.3 Å². The molecule has 0 amide bonds. The van der Waals surface area contributed by atoms with Crippen LogP contribution in [0.3, 0.4) is 0 Å². The van der Waals surface area contributed by atoms with Crippen LogP contribution in [0.5, 0.6) is 0 Å². The first-order valence-electron chi connectivity index (χ1n) is 14.4.